The van der Waals surface area contributed by atoms with Gasteiger partial charge in [0, 0.05) is 6.54 Å². The van der Waals surface area contributed by atoms with E-state index in [1.54, 1.807) is 6.92 Å². The maximum atomic E-state index is 12.4. The smallest absolute Gasteiger partial charge is 0.311 e. The molecule has 20 heavy (non-hydrogen) atoms. The van der Waals surface area contributed by atoms with E-state index in [0.29, 0.717) is 6.54 Å². The second-order valence-corrected chi connectivity index (χ2v) is 4.77. The van der Waals surface area contributed by atoms with E-state index >= 15 is 0 Å². The zero-order valence-corrected chi connectivity index (χ0v) is 11.6. The van der Waals surface area contributed by atoms with Gasteiger partial charge in [0.2, 0.25) is 0 Å². The first kappa shape index (κ1) is 14.7. The van der Waals surface area contributed by atoms with E-state index in [2.05, 4.69) is 10.2 Å². The molecule has 2 heterocycles. The molecule has 1 aromatic heterocycles. The van der Waals surface area contributed by atoms with Crippen molar-refractivity contribution in [3.63, 3.8) is 0 Å². The Hall–Kier alpha value is -1.73. The van der Waals surface area contributed by atoms with Crippen molar-refractivity contribution >= 4 is 23.5 Å². The zero-order valence-electron chi connectivity index (χ0n) is 10.8. The first-order valence-corrected chi connectivity index (χ1v) is 6.53. The van der Waals surface area contributed by atoms with Gasteiger partial charge in [0.05, 0.1) is 19.3 Å². The summed E-state index contributed by atoms with van der Waals surface area (Å²) in [5.41, 5.74) is 0.132. The Morgan fingerprint density at radius 3 is 2.75 bits per heavy atom. The normalized spacial score (nSPS) is 21.7. The molecule has 1 saturated heterocycles. The van der Waals surface area contributed by atoms with Crippen LogP contribution in [-0.2, 0) is 9.53 Å². The molecule has 2 atom stereocenters. The van der Waals surface area contributed by atoms with E-state index in [4.69, 9.17) is 21.4 Å². The molecule has 108 valence electrons. The largest absolute Gasteiger partial charge is 0.481 e. The molecule has 0 spiro atoms. The van der Waals surface area contributed by atoms with Crippen molar-refractivity contribution in [1.82, 2.24) is 15.1 Å². The lowest BCUT2D eigenvalue weighted by Crippen LogP contribution is -2.46. The molecule has 0 aromatic carbocycles. The van der Waals surface area contributed by atoms with Crippen molar-refractivity contribution in [1.29, 1.82) is 0 Å². The number of carboxylic acid groups (broad SMARTS) is 1. The molecule has 7 nitrogen and oxygen atoms in total. The number of carboxylic acids is 1. The topological polar surface area (TPSA) is 92.6 Å². The van der Waals surface area contributed by atoms with Crippen LogP contribution in [0.15, 0.2) is 12.1 Å². The average molecular weight is 300 g/mol. The Morgan fingerprint density at radius 1 is 1.45 bits per heavy atom. The SMILES string of the molecule is CCN(C(=O)c1ccc(Cl)nn1)C1COCC1C(=O)O. The summed E-state index contributed by atoms with van der Waals surface area (Å²) in [7, 11) is 0. The van der Waals surface area contributed by atoms with Gasteiger partial charge in [-0.15, -0.1) is 10.2 Å². The molecular formula is C12H14ClN3O4. The summed E-state index contributed by atoms with van der Waals surface area (Å²) in [6.45, 7) is 2.45. The predicted molar refractivity (Wildman–Crippen MR) is 69.5 cm³/mol. The van der Waals surface area contributed by atoms with E-state index in [9.17, 15) is 9.59 Å². The number of rotatable bonds is 4. The molecule has 1 aromatic rings. The monoisotopic (exact) mass is 299 g/mol. The molecule has 2 rings (SSSR count). The molecular weight excluding hydrogens is 286 g/mol. The zero-order chi connectivity index (χ0) is 14.7. The summed E-state index contributed by atoms with van der Waals surface area (Å²) < 4.78 is 5.19. The third-order valence-corrected chi connectivity index (χ3v) is 3.42. The fourth-order valence-electron chi connectivity index (χ4n) is 2.19. The maximum absolute atomic E-state index is 12.4. The predicted octanol–water partition coefficient (Wildman–Crippen LogP) is 0.692. The number of halogens is 1. The van der Waals surface area contributed by atoms with E-state index in [1.165, 1.54) is 17.0 Å². The fraction of sp³-hybridized carbons (Fsp3) is 0.500. The van der Waals surface area contributed by atoms with Crippen LogP contribution in [0.4, 0.5) is 0 Å². The number of ether oxygens (including phenoxy) is 1. The Bertz CT molecular complexity index is 508. The molecule has 2 unspecified atom stereocenters. The molecule has 0 radical (unpaired) electrons. The summed E-state index contributed by atoms with van der Waals surface area (Å²) in [4.78, 5) is 25.0. The molecule has 1 amide bonds. The lowest BCUT2D eigenvalue weighted by molar-refractivity contribution is -0.142. The average Bonchev–Trinajstić information content (AvgIpc) is 2.89. The number of aromatic nitrogens is 2. The highest BCUT2D eigenvalue weighted by molar-refractivity contribution is 6.29. The quantitative estimate of drug-likeness (QED) is 0.879. The van der Waals surface area contributed by atoms with Crippen molar-refractivity contribution in [2.24, 2.45) is 5.92 Å². The Morgan fingerprint density at radius 2 is 2.20 bits per heavy atom. The minimum Gasteiger partial charge on any atom is -0.481 e. The van der Waals surface area contributed by atoms with Crippen LogP contribution in [0.2, 0.25) is 5.15 Å². The van der Waals surface area contributed by atoms with Crippen molar-refractivity contribution < 1.29 is 19.4 Å². The summed E-state index contributed by atoms with van der Waals surface area (Å²) >= 11 is 5.63. The third kappa shape index (κ3) is 2.88. The number of nitrogens with zero attached hydrogens (tertiary/aromatic N) is 3. The molecule has 1 aliphatic heterocycles. The Kier molecular flexibility index (Phi) is 4.51. The van der Waals surface area contributed by atoms with Crippen LogP contribution in [0, 0.1) is 5.92 Å². The van der Waals surface area contributed by atoms with Crippen molar-refractivity contribution in [2.45, 2.75) is 13.0 Å². The van der Waals surface area contributed by atoms with Crippen LogP contribution in [0.3, 0.4) is 0 Å². The maximum Gasteiger partial charge on any atom is 0.311 e. The molecule has 0 bridgehead atoms. The molecule has 1 fully saturated rings. The van der Waals surface area contributed by atoms with Crippen molar-refractivity contribution in [3.05, 3.63) is 23.0 Å². The van der Waals surface area contributed by atoms with Crippen molar-refractivity contribution in [3.8, 4) is 0 Å². The number of carbonyl (C=O) groups is 2. The van der Waals surface area contributed by atoms with E-state index in [-0.39, 0.29) is 30.0 Å². The van der Waals surface area contributed by atoms with Crippen molar-refractivity contribution in [2.75, 3.05) is 19.8 Å². The number of aliphatic carboxylic acids is 1. The highest BCUT2D eigenvalue weighted by Crippen LogP contribution is 2.21. The first-order valence-electron chi connectivity index (χ1n) is 6.15. The number of amides is 1. The van der Waals surface area contributed by atoms with Crippen LogP contribution in [-0.4, -0.2) is 57.9 Å². The summed E-state index contributed by atoms with van der Waals surface area (Å²) in [6.07, 6.45) is 0. The summed E-state index contributed by atoms with van der Waals surface area (Å²) in [5, 5.41) is 16.7. The van der Waals surface area contributed by atoms with Gasteiger partial charge in [-0.05, 0) is 19.1 Å². The highest BCUT2D eigenvalue weighted by Gasteiger charge is 2.40. The van der Waals surface area contributed by atoms with E-state index < -0.39 is 17.9 Å². The van der Waals surface area contributed by atoms with Crippen LogP contribution >= 0.6 is 11.6 Å². The van der Waals surface area contributed by atoms with Gasteiger partial charge >= 0.3 is 5.97 Å². The summed E-state index contributed by atoms with van der Waals surface area (Å²) in [6, 6.07) is 2.43. The summed E-state index contributed by atoms with van der Waals surface area (Å²) in [5.74, 6) is -2.07. The van der Waals surface area contributed by atoms with E-state index in [0.717, 1.165) is 0 Å². The number of carbonyl (C=O) groups excluding carboxylic acids is 1. The molecule has 0 aliphatic carbocycles. The minimum atomic E-state index is -0.971. The van der Waals surface area contributed by atoms with Gasteiger partial charge in [-0.1, -0.05) is 11.6 Å². The Labute approximate surface area is 120 Å². The van der Waals surface area contributed by atoms with Crippen LogP contribution in [0.25, 0.3) is 0 Å². The van der Waals surface area contributed by atoms with Gasteiger partial charge in [0.15, 0.2) is 10.8 Å². The first-order chi connectivity index (χ1) is 9.54. The van der Waals surface area contributed by atoms with Crippen LogP contribution in [0.1, 0.15) is 17.4 Å². The molecule has 0 saturated carbocycles. The lowest BCUT2D eigenvalue weighted by Gasteiger charge is -2.28. The van der Waals surface area contributed by atoms with Crippen LogP contribution in [0.5, 0.6) is 0 Å². The van der Waals surface area contributed by atoms with Gasteiger partial charge in [0.25, 0.3) is 5.91 Å². The fourth-order valence-corrected chi connectivity index (χ4v) is 2.29. The highest BCUT2D eigenvalue weighted by atomic mass is 35.5. The number of hydrogen-bond donors (Lipinski definition) is 1. The second kappa shape index (κ2) is 6.15. The van der Waals surface area contributed by atoms with Gasteiger partial charge in [-0.2, -0.15) is 0 Å². The number of likely N-dealkylation sites (N-methyl/N-ethyl adjacent to an activating group) is 1. The van der Waals surface area contributed by atoms with E-state index in [1.807, 2.05) is 0 Å². The standard InChI is InChI=1S/C12H14ClN3O4/c1-2-16(9-6-20-5-7(9)12(18)19)11(17)8-3-4-10(13)15-14-8/h3-4,7,9H,2,5-6H2,1H3,(H,18,19). The third-order valence-electron chi connectivity index (χ3n) is 3.22. The van der Waals surface area contributed by atoms with Gasteiger partial charge in [0.1, 0.15) is 5.92 Å². The van der Waals surface area contributed by atoms with Gasteiger partial charge in [-0.25, -0.2) is 0 Å². The Balaban J connectivity index is 2.21. The van der Waals surface area contributed by atoms with Gasteiger partial charge in [-0.3, -0.25) is 9.59 Å². The minimum absolute atomic E-state index is 0.107. The molecule has 1 aliphatic rings. The lowest BCUT2D eigenvalue weighted by atomic mass is 10.0. The molecule has 8 heteroatoms. The van der Waals surface area contributed by atoms with Gasteiger partial charge < -0.3 is 14.7 Å². The number of hydrogen-bond acceptors (Lipinski definition) is 5. The molecule has 1 N–H and O–H groups in total. The second-order valence-electron chi connectivity index (χ2n) is 4.38. The van der Waals surface area contributed by atoms with Crippen LogP contribution < -0.4 is 0 Å².